The first-order chi connectivity index (χ1) is 7.66. The van der Waals surface area contributed by atoms with Crippen LogP contribution in [0.5, 0.6) is 0 Å². The normalized spacial score (nSPS) is 10.4. The van der Waals surface area contributed by atoms with Crippen molar-refractivity contribution in [1.82, 2.24) is 4.98 Å². The van der Waals surface area contributed by atoms with E-state index in [1.54, 1.807) is 17.9 Å². The quantitative estimate of drug-likeness (QED) is 0.765. The predicted octanol–water partition coefficient (Wildman–Crippen LogP) is 2.58. The van der Waals surface area contributed by atoms with E-state index in [1.165, 1.54) is 18.3 Å². The lowest BCUT2D eigenvalue weighted by Gasteiger charge is -2.13. The molecule has 0 bridgehead atoms. The highest BCUT2D eigenvalue weighted by atomic mass is 32.1. The number of hydrogen-bond donors (Lipinski definition) is 0. The van der Waals surface area contributed by atoms with Crippen LogP contribution in [0.4, 0.5) is 5.13 Å². The maximum atomic E-state index is 11.1. The highest BCUT2D eigenvalue weighted by Gasteiger charge is 2.10. The van der Waals surface area contributed by atoms with Crippen LogP contribution in [-0.2, 0) is 6.54 Å². The largest absolute Gasteiger partial charge is 0.472 e. The third-order valence-corrected chi connectivity index (χ3v) is 3.13. The molecule has 0 aliphatic rings. The first-order valence-electron chi connectivity index (χ1n) is 4.85. The second-order valence-electron chi connectivity index (χ2n) is 3.56. The molecule has 16 heavy (non-hydrogen) atoms. The van der Waals surface area contributed by atoms with Gasteiger partial charge < -0.3 is 9.32 Å². The molecule has 0 saturated carbocycles. The summed E-state index contributed by atoms with van der Waals surface area (Å²) in [5.41, 5.74) is 1.61. The van der Waals surface area contributed by atoms with Crippen LogP contribution >= 0.6 is 11.3 Å². The summed E-state index contributed by atoms with van der Waals surface area (Å²) in [7, 11) is 1.94. The average molecular weight is 236 g/mol. The minimum atomic E-state index is -0.000730. The molecule has 0 spiro atoms. The summed E-state index contributed by atoms with van der Waals surface area (Å²) in [5, 5.41) is 2.62. The van der Waals surface area contributed by atoms with Crippen LogP contribution in [0.2, 0.25) is 0 Å². The zero-order valence-corrected chi connectivity index (χ0v) is 9.95. The van der Waals surface area contributed by atoms with Gasteiger partial charge >= 0.3 is 0 Å². The third-order valence-electron chi connectivity index (χ3n) is 2.18. The second kappa shape index (κ2) is 4.49. The van der Waals surface area contributed by atoms with Crippen LogP contribution in [0.3, 0.4) is 0 Å². The Balaban J connectivity index is 2.08. The maximum absolute atomic E-state index is 11.1. The van der Waals surface area contributed by atoms with E-state index in [0.717, 1.165) is 17.2 Å². The van der Waals surface area contributed by atoms with Crippen molar-refractivity contribution in [3.63, 3.8) is 0 Å². The van der Waals surface area contributed by atoms with Crippen LogP contribution in [0, 0.1) is 0 Å². The van der Waals surface area contributed by atoms with Crippen LogP contribution in [0.25, 0.3) is 0 Å². The van der Waals surface area contributed by atoms with Crippen LogP contribution in [-0.4, -0.2) is 17.8 Å². The number of anilines is 1. The van der Waals surface area contributed by atoms with Crippen LogP contribution in [0.1, 0.15) is 23.0 Å². The molecule has 5 heteroatoms. The predicted molar refractivity (Wildman–Crippen MR) is 62.9 cm³/mol. The molecule has 0 radical (unpaired) electrons. The average Bonchev–Trinajstić information content (AvgIpc) is 2.86. The Labute approximate surface area is 97.5 Å². The van der Waals surface area contributed by atoms with E-state index >= 15 is 0 Å². The number of Topliss-reactive ketones (excluding diaryl/α,β-unsaturated/α-hetero) is 1. The molecule has 84 valence electrons. The number of hydrogen-bond acceptors (Lipinski definition) is 5. The SMILES string of the molecule is CC(=O)c1csc(N(C)Cc2ccoc2)n1. The van der Waals surface area contributed by atoms with Crippen LogP contribution < -0.4 is 4.90 Å². The molecule has 2 heterocycles. The number of nitrogens with zero attached hydrogens (tertiary/aromatic N) is 2. The van der Waals surface area contributed by atoms with Gasteiger partial charge in [-0.2, -0.15) is 0 Å². The molecule has 0 N–H and O–H groups in total. The summed E-state index contributed by atoms with van der Waals surface area (Å²) < 4.78 is 5.00. The van der Waals surface area contributed by atoms with Gasteiger partial charge in [0.25, 0.3) is 0 Å². The van der Waals surface area contributed by atoms with Crippen molar-refractivity contribution < 1.29 is 9.21 Å². The number of ketones is 1. The fourth-order valence-corrected chi connectivity index (χ4v) is 2.16. The number of thiazole rings is 1. The lowest BCUT2D eigenvalue weighted by molar-refractivity contribution is 0.101. The van der Waals surface area contributed by atoms with E-state index in [2.05, 4.69) is 4.98 Å². The Bertz CT molecular complexity index is 476. The van der Waals surface area contributed by atoms with Crippen molar-refractivity contribution in [2.45, 2.75) is 13.5 Å². The zero-order valence-electron chi connectivity index (χ0n) is 9.14. The molecular formula is C11H12N2O2S. The molecule has 0 aliphatic heterocycles. The lowest BCUT2D eigenvalue weighted by atomic mass is 10.3. The molecule has 0 aliphatic carbocycles. The monoisotopic (exact) mass is 236 g/mol. The van der Waals surface area contributed by atoms with Gasteiger partial charge in [0.05, 0.1) is 12.5 Å². The summed E-state index contributed by atoms with van der Waals surface area (Å²) in [6, 6.07) is 1.91. The lowest BCUT2D eigenvalue weighted by Crippen LogP contribution is -2.15. The van der Waals surface area contributed by atoms with Crippen molar-refractivity contribution in [3.8, 4) is 0 Å². The zero-order chi connectivity index (χ0) is 11.5. The minimum Gasteiger partial charge on any atom is -0.472 e. The molecule has 0 saturated heterocycles. The van der Waals surface area contributed by atoms with Crippen molar-refractivity contribution in [2.75, 3.05) is 11.9 Å². The Morgan fingerprint density at radius 1 is 1.62 bits per heavy atom. The number of furan rings is 1. The summed E-state index contributed by atoms with van der Waals surface area (Å²) in [4.78, 5) is 17.4. The Hall–Kier alpha value is -1.62. The molecule has 2 rings (SSSR count). The van der Waals surface area contributed by atoms with Crippen LogP contribution in [0.15, 0.2) is 28.4 Å². The second-order valence-corrected chi connectivity index (χ2v) is 4.40. The molecule has 0 aromatic carbocycles. The van der Waals surface area contributed by atoms with Gasteiger partial charge in [-0.15, -0.1) is 11.3 Å². The Kier molecular flexibility index (Phi) is 3.05. The first-order valence-corrected chi connectivity index (χ1v) is 5.73. The van der Waals surface area contributed by atoms with Gasteiger partial charge in [0.1, 0.15) is 5.69 Å². The van der Waals surface area contributed by atoms with E-state index < -0.39 is 0 Å². The summed E-state index contributed by atoms with van der Waals surface area (Å²) >= 11 is 1.47. The Morgan fingerprint density at radius 3 is 3.00 bits per heavy atom. The number of carbonyl (C=O) groups excluding carboxylic acids is 1. The number of carbonyl (C=O) groups is 1. The van der Waals surface area contributed by atoms with Gasteiger partial charge in [-0.3, -0.25) is 4.79 Å². The van der Waals surface area contributed by atoms with Gasteiger partial charge in [0.15, 0.2) is 10.9 Å². The van der Waals surface area contributed by atoms with E-state index in [4.69, 9.17) is 4.42 Å². The van der Waals surface area contributed by atoms with E-state index in [-0.39, 0.29) is 5.78 Å². The molecule has 2 aromatic heterocycles. The van der Waals surface area contributed by atoms with Gasteiger partial charge in [-0.1, -0.05) is 0 Å². The summed E-state index contributed by atoms with van der Waals surface area (Å²) in [5.74, 6) is -0.000730. The number of aromatic nitrogens is 1. The Morgan fingerprint density at radius 2 is 2.44 bits per heavy atom. The summed E-state index contributed by atoms with van der Waals surface area (Å²) in [6.45, 7) is 2.25. The summed E-state index contributed by atoms with van der Waals surface area (Å²) in [6.07, 6.45) is 3.35. The number of rotatable bonds is 4. The van der Waals surface area contributed by atoms with Gasteiger partial charge in [-0.05, 0) is 6.07 Å². The molecular weight excluding hydrogens is 224 g/mol. The van der Waals surface area contributed by atoms with Gasteiger partial charge in [0.2, 0.25) is 0 Å². The van der Waals surface area contributed by atoms with E-state index in [9.17, 15) is 4.79 Å². The van der Waals surface area contributed by atoms with E-state index in [0.29, 0.717) is 5.69 Å². The minimum absolute atomic E-state index is 0.000730. The van der Waals surface area contributed by atoms with Crippen molar-refractivity contribution >= 4 is 22.3 Å². The first kappa shape index (κ1) is 10.9. The fourth-order valence-electron chi connectivity index (χ4n) is 1.33. The maximum Gasteiger partial charge on any atom is 0.186 e. The van der Waals surface area contributed by atoms with Crippen molar-refractivity contribution in [1.29, 1.82) is 0 Å². The molecule has 0 unspecified atom stereocenters. The molecule has 4 nitrogen and oxygen atoms in total. The van der Waals surface area contributed by atoms with Crippen molar-refractivity contribution in [2.24, 2.45) is 0 Å². The third kappa shape index (κ3) is 2.30. The highest BCUT2D eigenvalue weighted by molar-refractivity contribution is 7.13. The smallest absolute Gasteiger partial charge is 0.186 e. The van der Waals surface area contributed by atoms with Gasteiger partial charge in [-0.25, -0.2) is 4.98 Å². The molecule has 0 fully saturated rings. The standard InChI is InChI=1S/C11H12N2O2S/c1-8(14)10-7-16-11(12-10)13(2)5-9-3-4-15-6-9/h3-4,6-7H,5H2,1-2H3. The molecule has 0 atom stereocenters. The molecule has 0 amide bonds. The van der Waals surface area contributed by atoms with E-state index in [1.807, 2.05) is 18.0 Å². The highest BCUT2D eigenvalue weighted by Crippen LogP contribution is 2.21. The van der Waals surface area contributed by atoms with Crippen molar-refractivity contribution in [3.05, 3.63) is 35.2 Å². The van der Waals surface area contributed by atoms with Gasteiger partial charge in [0, 0.05) is 31.5 Å². The fraction of sp³-hybridized carbons (Fsp3) is 0.273. The molecule has 2 aromatic rings. The topological polar surface area (TPSA) is 46.3 Å².